The molecule has 3 aromatic rings. The molecule has 1 aliphatic rings. The minimum absolute atomic E-state index is 0.211. The standard InChI is InChI=1S/C21H12Cl2N2O3S/c22-14-6-4-12(5-7-14)19(26)24-21-25-20(27)18(29-21)11-16-8-9-17(28-16)13-2-1-3-15(23)10-13/h1-11H,(H,24,25,26,27)/b18-11-. The van der Waals surface area contributed by atoms with Crippen molar-refractivity contribution in [3.05, 3.63) is 86.9 Å². The largest absolute Gasteiger partial charge is 0.457 e. The summed E-state index contributed by atoms with van der Waals surface area (Å²) in [6, 6.07) is 17.2. The van der Waals surface area contributed by atoms with Crippen molar-refractivity contribution in [2.75, 3.05) is 0 Å². The lowest BCUT2D eigenvalue weighted by Crippen LogP contribution is -2.20. The molecule has 29 heavy (non-hydrogen) atoms. The first kappa shape index (κ1) is 19.5. The van der Waals surface area contributed by atoms with Gasteiger partial charge in [-0.1, -0.05) is 35.3 Å². The van der Waals surface area contributed by atoms with E-state index in [1.807, 2.05) is 12.1 Å². The molecule has 2 aromatic carbocycles. The van der Waals surface area contributed by atoms with Crippen molar-refractivity contribution in [1.82, 2.24) is 5.32 Å². The molecule has 1 aromatic heterocycles. The first-order valence-electron chi connectivity index (χ1n) is 8.43. The number of thioether (sulfide) groups is 1. The molecule has 0 saturated carbocycles. The Bertz CT molecular complexity index is 1170. The maximum absolute atomic E-state index is 12.2. The summed E-state index contributed by atoms with van der Waals surface area (Å²) in [4.78, 5) is 28.8. The van der Waals surface area contributed by atoms with Crippen molar-refractivity contribution in [2.24, 2.45) is 4.99 Å². The number of rotatable bonds is 3. The molecular formula is C21H12Cl2N2O3S. The average molecular weight is 443 g/mol. The number of aliphatic imine (C=N–C) groups is 1. The molecule has 1 aliphatic heterocycles. The van der Waals surface area contributed by atoms with E-state index in [0.717, 1.165) is 17.3 Å². The first-order chi connectivity index (χ1) is 14.0. The smallest absolute Gasteiger partial charge is 0.279 e. The van der Waals surface area contributed by atoms with Gasteiger partial charge in [0, 0.05) is 27.2 Å². The van der Waals surface area contributed by atoms with Crippen LogP contribution in [0.4, 0.5) is 0 Å². The zero-order valence-electron chi connectivity index (χ0n) is 14.7. The van der Waals surface area contributed by atoms with Gasteiger partial charge in [0.25, 0.3) is 11.8 Å². The van der Waals surface area contributed by atoms with E-state index in [2.05, 4.69) is 10.3 Å². The lowest BCUT2D eigenvalue weighted by Gasteiger charge is -1.97. The van der Waals surface area contributed by atoms with E-state index < -0.39 is 5.91 Å². The molecule has 1 saturated heterocycles. The zero-order valence-corrected chi connectivity index (χ0v) is 17.0. The molecule has 4 rings (SSSR count). The van der Waals surface area contributed by atoms with Crippen LogP contribution in [-0.4, -0.2) is 17.0 Å². The van der Waals surface area contributed by atoms with Gasteiger partial charge in [-0.3, -0.25) is 9.59 Å². The van der Waals surface area contributed by atoms with Gasteiger partial charge in [-0.25, -0.2) is 0 Å². The number of carbonyl (C=O) groups excluding carboxylic acids is 2. The van der Waals surface area contributed by atoms with Gasteiger partial charge in [0.15, 0.2) is 5.17 Å². The van der Waals surface area contributed by atoms with Gasteiger partial charge in [0.05, 0.1) is 4.91 Å². The average Bonchev–Trinajstić information content (AvgIpc) is 3.29. The van der Waals surface area contributed by atoms with Crippen LogP contribution in [0.1, 0.15) is 16.1 Å². The number of nitrogens with one attached hydrogen (secondary N) is 1. The number of amides is 2. The number of hydrogen-bond acceptors (Lipinski definition) is 4. The molecule has 0 aliphatic carbocycles. The van der Waals surface area contributed by atoms with E-state index in [1.54, 1.807) is 54.6 Å². The summed E-state index contributed by atoms with van der Waals surface area (Å²) >= 11 is 12.9. The molecule has 1 N–H and O–H groups in total. The molecule has 0 spiro atoms. The maximum atomic E-state index is 12.2. The third-order valence-corrected chi connectivity index (χ3v) is 5.35. The minimum Gasteiger partial charge on any atom is -0.457 e. The number of furan rings is 1. The van der Waals surface area contributed by atoms with Crippen molar-refractivity contribution in [2.45, 2.75) is 0 Å². The highest BCUT2D eigenvalue weighted by Crippen LogP contribution is 2.29. The van der Waals surface area contributed by atoms with Gasteiger partial charge in [-0.05, 0) is 60.3 Å². The number of amidine groups is 1. The molecule has 2 amide bonds. The summed E-state index contributed by atoms with van der Waals surface area (Å²) in [6.07, 6.45) is 1.60. The second-order valence-electron chi connectivity index (χ2n) is 6.01. The lowest BCUT2D eigenvalue weighted by molar-refractivity contribution is -0.115. The van der Waals surface area contributed by atoms with Crippen molar-refractivity contribution in [1.29, 1.82) is 0 Å². The van der Waals surface area contributed by atoms with Crippen LogP contribution in [0.5, 0.6) is 0 Å². The maximum Gasteiger partial charge on any atom is 0.279 e. The molecule has 0 atom stereocenters. The number of hydrogen-bond donors (Lipinski definition) is 1. The van der Waals surface area contributed by atoms with Crippen LogP contribution < -0.4 is 5.32 Å². The van der Waals surface area contributed by atoms with Gasteiger partial charge in [-0.15, -0.1) is 0 Å². The summed E-state index contributed by atoms with van der Waals surface area (Å²) < 4.78 is 5.78. The van der Waals surface area contributed by atoms with Crippen molar-refractivity contribution in [3.63, 3.8) is 0 Å². The first-order valence-corrected chi connectivity index (χ1v) is 10.0. The van der Waals surface area contributed by atoms with Crippen LogP contribution in [0.25, 0.3) is 17.4 Å². The Morgan fingerprint density at radius 2 is 1.83 bits per heavy atom. The highest BCUT2D eigenvalue weighted by atomic mass is 35.5. The molecule has 0 radical (unpaired) electrons. The third kappa shape index (κ3) is 4.62. The number of halogens is 2. The second-order valence-corrected chi connectivity index (χ2v) is 7.91. The van der Waals surface area contributed by atoms with Crippen LogP contribution in [0, 0.1) is 0 Å². The van der Waals surface area contributed by atoms with E-state index in [4.69, 9.17) is 27.6 Å². The van der Waals surface area contributed by atoms with Crippen LogP contribution in [-0.2, 0) is 4.79 Å². The third-order valence-electron chi connectivity index (χ3n) is 3.95. The van der Waals surface area contributed by atoms with E-state index in [-0.39, 0.29) is 11.1 Å². The molecule has 144 valence electrons. The van der Waals surface area contributed by atoms with Gasteiger partial charge in [0.2, 0.25) is 0 Å². The minimum atomic E-state index is -0.466. The monoisotopic (exact) mass is 442 g/mol. The summed E-state index contributed by atoms with van der Waals surface area (Å²) in [5.74, 6) is 0.322. The van der Waals surface area contributed by atoms with Crippen LogP contribution in [0.15, 0.2) is 75.0 Å². The Hall–Kier alpha value is -2.80. The molecular weight excluding hydrogens is 431 g/mol. The van der Waals surface area contributed by atoms with Gasteiger partial charge in [-0.2, -0.15) is 4.99 Å². The van der Waals surface area contributed by atoms with E-state index in [1.165, 1.54) is 0 Å². The van der Waals surface area contributed by atoms with E-state index in [9.17, 15) is 9.59 Å². The Morgan fingerprint density at radius 3 is 2.59 bits per heavy atom. The molecule has 0 bridgehead atoms. The summed E-state index contributed by atoms with van der Waals surface area (Å²) in [6.45, 7) is 0. The molecule has 8 heteroatoms. The van der Waals surface area contributed by atoms with Crippen molar-refractivity contribution in [3.8, 4) is 11.3 Å². The zero-order chi connectivity index (χ0) is 20.4. The Labute approximate surface area is 180 Å². The molecule has 2 heterocycles. The van der Waals surface area contributed by atoms with Gasteiger partial charge >= 0.3 is 0 Å². The normalized spacial score (nSPS) is 16.4. The van der Waals surface area contributed by atoms with Crippen LogP contribution in [0.3, 0.4) is 0 Å². The number of carbonyl (C=O) groups is 2. The topological polar surface area (TPSA) is 71.7 Å². The Kier molecular flexibility index (Phi) is 5.58. The SMILES string of the molecule is O=C1NC(=NC(=O)c2ccc(Cl)cc2)S/C1=C\c1ccc(-c2cccc(Cl)c2)o1. The van der Waals surface area contributed by atoms with Gasteiger partial charge in [0.1, 0.15) is 11.5 Å². The fraction of sp³-hybridized carbons (Fsp3) is 0. The highest BCUT2D eigenvalue weighted by molar-refractivity contribution is 8.18. The van der Waals surface area contributed by atoms with E-state index >= 15 is 0 Å². The summed E-state index contributed by atoms with van der Waals surface area (Å²) in [5.41, 5.74) is 1.22. The van der Waals surface area contributed by atoms with Crippen LogP contribution in [0.2, 0.25) is 10.0 Å². The summed E-state index contributed by atoms with van der Waals surface area (Å²) in [5, 5.41) is 3.93. The van der Waals surface area contributed by atoms with Crippen molar-refractivity contribution < 1.29 is 14.0 Å². The fourth-order valence-electron chi connectivity index (χ4n) is 2.59. The highest BCUT2D eigenvalue weighted by Gasteiger charge is 2.25. The second kappa shape index (κ2) is 8.29. The predicted molar refractivity (Wildman–Crippen MR) is 116 cm³/mol. The molecule has 1 fully saturated rings. The van der Waals surface area contributed by atoms with Gasteiger partial charge < -0.3 is 9.73 Å². The Balaban J connectivity index is 1.51. The Morgan fingerprint density at radius 1 is 1.03 bits per heavy atom. The van der Waals surface area contributed by atoms with Crippen LogP contribution >= 0.6 is 35.0 Å². The molecule has 0 unspecified atom stereocenters. The lowest BCUT2D eigenvalue weighted by atomic mass is 10.2. The number of nitrogens with zero attached hydrogens (tertiary/aromatic N) is 1. The summed E-state index contributed by atoms with van der Waals surface area (Å²) in [7, 11) is 0. The number of benzene rings is 2. The predicted octanol–water partition coefficient (Wildman–Crippen LogP) is 5.65. The fourth-order valence-corrected chi connectivity index (χ4v) is 3.70. The van der Waals surface area contributed by atoms with E-state index in [0.29, 0.717) is 32.0 Å². The quantitative estimate of drug-likeness (QED) is 0.531. The van der Waals surface area contributed by atoms with Crippen molar-refractivity contribution >= 4 is 58.0 Å². The molecule has 5 nitrogen and oxygen atoms in total.